The van der Waals surface area contributed by atoms with Gasteiger partial charge in [0.15, 0.2) is 0 Å². The van der Waals surface area contributed by atoms with Gasteiger partial charge in [-0.1, -0.05) is 11.6 Å². The van der Waals surface area contributed by atoms with E-state index >= 15 is 0 Å². The molecule has 1 aromatic heterocycles. The number of hydrogen-bond donors (Lipinski definition) is 2. The number of halogens is 1. The molecule has 0 aliphatic carbocycles. The summed E-state index contributed by atoms with van der Waals surface area (Å²) in [5.41, 5.74) is 9.05. The average molecular weight is 269 g/mol. The molecule has 0 fully saturated rings. The number of carbonyl (C=O) groups excluding carboxylic acids is 1. The van der Waals surface area contributed by atoms with Crippen molar-refractivity contribution in [1.82, 2.24) is 4.98 Å². The Morgan fingerprint density at radius 1 is 1.50 bits per heavy atom. The topological polar surface area (TPSA) is 68.1 Å². The summed E-state index contributed by atoms with van der Waals surface area (Å²) in [6, 6.07) is 5.55. The third kappa shape index (κ3) is 2.83. The number of hydrogen-bond acceptors (Lipinski definition) is 3. The van der Waals surface area contributed by atoms with E-state index in [0.29, 0.717) is 6.42 Å². The largest absolute Gasteiger partial charge is 0.468 e. The van der Waals surface area contributed by atoms with Gasteiger partial charge in [0, 0.05) is 23.5 Å². The molecule has 1 aromatic carbocycles. The van der Waals surface area contributed by atoms with E-state index in [0.717, 1.165) is 16.5 Å². The molecule has 18 heavy (non-hydrogen) atoms. The number of nitrogens with two attached hydrogens (primary N) is 1. The molecule has 5 heteroatoms. The Kier molecular flexibility index (Phi) is 4.76. The first-order chi connectivity index (χ1) is 8.11. The molecule has 1 atom stereocenters. The maximum absolute atomic E-state index is 11.3. The van der Waals surface area contributed by atoms with Crippen molar-refractivity contribution in [3.8, 4) is 0 Å². The number of esters is 1. The van der Waals surface area contributed by atoms with Crippen molar-refractivity contribution in [2.24, 2.45) is 5.73 Å². The molecular weight excluding hydrogens is 252 g/mol. The van der Waals surface area contributed by atoms with Gasteiger partial charge in [-0.15, -0.1) is 12.4 Å². The number of benzene rings is 1. The Bertz CT molecular complexity index is 551. The highest BCUT2D eigenvalue weighted by atomic mass is 35.5. The lowest BCUT2D eigenvalue weighted by Crippen LogP contribution is -2.33. The predicted molar refractivity (Wildman–Crippen MR) is 74.0 cm³/mol. The van der Waals surface area contributed by atoms with Gasteiger partial charge >= 0.3 is 5.97 Å². The summed E-state index contributed by atoms with van der Waals surface area (Å²) in [6.07, 6.45) is 2.38. The van der Waals surface area contributed by atoms with Crippen LogP contribution in [-0.2, 0) is 16.0 Å². The van der Waals surface area contributed by atoms with Gasteiger partial charge in [-0.3, -0.25) is 4.79 Å². The number of aryl methyl sites for hydroxylation is 1. The van der Waals surface area contributed by atoms with Crippen LogP contribution in [0.25, 0.3) is 10.9 Å². The standard InChI is InChI=1S/C13H16N2O2.ClH/c1-8-3-4-12-10(5-8)9(7-15-12)6-11(14)13(16)17-2;/h3-5,7,11,15H,6,14H2,1-2H3;1H. The number of H-pyrrole nitrogens is 1. The van der Waals surface area contributed by atoms with E-state index < -0.39 is 6.04 Å². The van der Waals surface area contributed by atoms with Gasteiger partial charge in [0.2, 0.25) is 0 Å². The lowest BCUT2D eigenvalue weighted by molar-refractivity contribution is -0.142. The molecule has 0 saturated heterocycles. The van der Waals surface area contributed by atoms with Gasteiger partial charge in [0.25, 0.3) is 0 Å². The predicted octanol–water partition coefficient (Wildman–Crippen LogP) is 1.94. The number of carbonyl (C=O) groups is 1. The first-order valence-electron chi connectivity index (χ1n) is 5.52. The van der Waals surface area contributed by atoms with Crippen LogP contribution >= 0.6 is 12.4 Å². The highest BCUT2D eigenvalue weighted by Gasteiger charge is 2.16. The van der Waals surface area contributed by atoms with Gasteiger partial charge in [0.1, 0.15) is 6.04 Å². The van der Waals surface area contributed by atoms with E-state index in [1.54, 1.807) is 0 Å². The average Bonchev–Trinajstić information content (AvgIpc) is 2.71. The second-order valence-corrected chi connectivity index (χ2v) is 4.20. The molecular formula is C13H17ClN2O2. The minimum atomic E-state index is -0.612. The first kappa shape index (κ1) is 14.5. The van der Waals surface area contributed by atoms with Gasteiger partial charge in [0.05, 0.1) is 7.11 Å². The number of rotatable bonds is 3. The zero-order valence-electron chi connectivity index (χ0n) is 10.4. The number of nitrogens with one attached hydrogen (secondary N) is 1. The van der Waals surface area contributed by atoms with Crippen LogP contribution < -0.4 is 5.73 Å². The van der Waals surface area contributed by atoms with Crippen molar-refractivity contribution in [2.45, 2.75) is 19.4 Å². The van der Waals surface area contributed by atoms with Crippen LogP contribution in [-0.4, -0.2) is 24.1 Å². The van der Waals surface area contributed by atoms with Gasteiger partial charge in [-0.2, -0.15) is 0 Å². The summed E-state index contributed by atoms with van der Waals surface area (Å²) < 4.78 is 4.62. The van der Waals surface area contributed by atoms with Gasteiger partial charge in [-0.25, -0.2) is 0 Å². The third-order valence-corrected chi connectivity index (χ3v) is 2.87. The lowest BCUT2D eigenvalue weighted by Gasteiger charge is -2.08. The molecule has 0 aliphatic rings. The number of ether oxygens (including phenoxy) is 1. The summed E-state index contributed by atoms with van der Waals surface area (Å²) in [4.78, 5) is 14.5. The summed E-state index contributed by atoms with van der Waals surface area (Å²) in [5, 5.41) is 1.12. The molecule has 98 valence electrons. The third-order valence-electron chi connectivity index (χ3n) is 2.87. The van der Waals surface area contributed by atoms with Crippen molar-refractivity contribution in [2.75, 3.05) is 7.11 Å². The molecule has 2 aromatic rings. The SMILES string of the molecule is COC(=O)C(N)Cc1c[nH]c2ccc(C)cc12.Cl. The molecule has 3 N–H and O–H groups in total. The van der Waals surface area contributed by atoms with Crippen LogP contribution in [0.2, 0.25) is 0 Å². The Balaban J connectivity index is 0.00000162. The minimum absolute atomic E-state index is 0. The van der Waals surface area contributed by atoms with E-state index in [-0.39, 0.29) is 18.4 Å². The number of fused-ring (bicyclic) bond motifs is 1. The molecule has 2 rings (SSSR count). The molecule has 1 unspecified atom stereocenters. The van der Waals surface area contributed by atoms with Crippen molar-refractivity contribution >= 4 is 29.3 Å². The van der Waals surface area contributed by atoms with Crippen molar-refractivity contribution in [1.29, 1.82) is 0 Å². The molecule has 0 radical (unpaired) electrons. The first-order valence-corrected chi connectivity index (χ1v) is 5.52. The molecule has 4 nitrogen and oxygen atoms in total. The fourth-order valence-electron chi connectivity index (χ4n) is 1.93. The maximum atomic E-state index is 11.3. The zero-order chi connectivity index (χ0) is 12.4. The minimum Gasteiger partial charge on any atom is -0.468 e. The number of aromatic amines is 1. The van der Waals surface area contributed by atoms with E-state index in [1.165, 1.54) is 12.7 Å². The Hall–Kier alpha value is -1.52. The molecule has 0 spiro atoms. The Morgan fingerprint density at radius 2 is 2.22 bits per heavy atom. The van der Waals surface area contributed by atoms with Crippen LogP contribution in [0, 0.1) is 6.92 Å². The fraction of sp³-hybridized carbons (Fsp3) is 0.308. The summed E-state index contributed by atoms with van der Waals surface area (Å²) in [7, 11) is 1.35. The second kappa shape index (κ2) is 5.89. The quantitative estimate of drug-likeness (QED) is 0.836. The molecule has 0 bridgehead atoms. The monoisotopic (exact) mass is 268 g/mol. The molecule has 0 saturated carbocycles. The zero-order valence-corrected chi connectivity index (χ0v) is 11.2. The van der Waals surface area contributed by atoms with Crippen LogP contribution in [0.3, 0.4) is 0 Å². The second-order valence-electron chi connectivity index (χ2n) is 4.20. The van der Waals surface area contributed by atoms with Crippen molar-refractivity contribution in [3.05, 3.63) is 35.5 Å². The number of aromatic nitrogens is 1. The number of methoxy groups -OCH3 is 1. The normalized spacial score (nSPS) is 11.9. The maximum Gasteiger partial charge on any atom is 0.322 e. The fourth-order valence-corrected chi connectivity index (χ4v) is 1.93. The van der Waals surface area contributed by atoms with Crippen LogP contribution in [0.15, 0.2) is 24.4 Å². The highest BCUT2D eigenvalue weighted by Crippen LogP contribution is 2.20. The van der Waals surface area contributed by atoms with Gasteiger partial charge in [-0.05, 0) is 24.6 Å². The van der Waals surface area contributed by atoms with Crippen molar-refractivity contribution in [3.63, 3.8) is 0 Å². The summed E-state index contributed by atoms with van der Waals surface area (Å²) in [6.45, 7) is 2.04. The van der Waals surface area contributed by atoms with Crippen molar-refractivity contribution < 1.29 is 9.53 Å². The summed E-state index contributed by atoms with van der Waals surface area (Å²) in [5.74, 6) is -0.382. The van der Waals surface area contributed by atoms with E-state index in [2.05, 4.69) is 15.8 Å². The Morgan fingerprint density at radius 3 is 2.89 bits per heavy atom. The van der Waals surface area contributed by atoms with E-state index in [1.807, 2.05) is 25.3 Å². The molecule has 0 amide bonds. The van der Waals surface area contributed by atoms with E-state index in [4.69, 9.17) is 5.73 Å². The van der Waals surface area contributed by atoms with E-state index in [9.17, 15) is 4.79 Å². The molecule has 0 aliphatic heterocycles. The van der Waals surface area contributed by atoms with Crippen LogP contribution in [0.1, 0.15) is 11.1 Å². The van der Waals surface area contributed by atoms with Gasteiger partial charge < -0.3 is 15.5 Å². The lowest BCUT2D eigenvalue weighted by atomic mass is 10.0. The van der Waals surface area contributed by atoms with Crippen LogP contribution in [0.4, 0.5) is 0 Å². The smallest absolute Gasteiger partial charge is 0.322 e. The van der Waals surface area contributed by atoms with Crippen LogP contribution in [0.5, 0.6) is 0 Å². The Labute approximate surface area is 112 Å². The summed E-state index contributed by atoms with van der Waals surface area (Å²) >= 11 is 0. The molecule has 1 heterocycles. The highest BCUT2D eigenvalue weighted by molar-refractivity contribution is 5.85.